The second-order valence-corrected chi connectivity index (χ2v) is 8.71. The van der Waals surface area contributed by atoms with Crippen LogP contribution in [0, 0.1) is 0 Å². The summed E-state index contributed by atoms with van der Waals surface area (Å²) < 4.78 is 33.0. The number of hydrogen-bond acceptors (Lipinski definition) is 4. The van der Waals surface area contributed by atoms with E-state index in [4.69, 9.17) is 4.74 Å². The predicted molar refractivity (Wildman–Crippen MR) is 103 cm³/mol. The van der Waals surface area contributed by atoms with Crippen LogP contribution in [-0.4, -0.2) is 43.9 Å². The molecule has 0 bridgehead atoms. The number of benzene rings is 2. The minimum atomic E-state index is -3.68. The quantitative estimate of drug-likeness (QED) is 0.854. The average molecular weight is 388 g/mol. The van der Waals surface area contributed by atoms with Gasteiger partial charge in [-0.3, -0.25) is 4.79 Å². The highest BCUT2D eigenvalue weighted by molar-refractivity contribution is 7.89. The van der Waals surface area contributed by atoms with Crippen LogP contribution in [0.1, 0.15) is 29.8 Å². The van der Waals surface area contributed by atoms with Gasteiger partial charge < -0.3 is 10.1 Å². The molecule has 1 aliphatic rings. The van der Waals surface area contributed by atoms with E-state index in [0.29, 0.717) is 25.2 Å². The molecule has 1 saturated heterocycles. The van der Waals surface area contributed by atoms with Crippen LogP contribution in [0.3, 0.4) is 0 Å². The van der Waals surface area contributed by atoms with Gasteiger partial charge in [0.1, 0.15) is 0 Å². The van der Waals surface area contributed by atoms with Gasteiger partial charge in [-0.05, 0) is 37.6 Å². The molecule has 1 aliphatic heterocycles. The van der Waals surface area contributed by atoms with E-state index >= 15 is 0 Å². The zero-order valence-electron chi connectivity index (χ0n) is 15.5. The van der Waals surface area contributed by atoms with Gasteiger partial charge in [-0.15, -0.1) is 0 Å². The molecule has 6 nitrogen and oxygen atoms in total. The molecule has 2 atom stereocenters. The number of rotatable bonds is 5. The molecule has 27 heavy (non-hydrogen) atoms. The van der Waals surface area contributed by atoms with Crippen molar-refractivity contribution in [2.24, 2.45) is 0 Å². The first kappa shape index (κ1) is 19.5. The summed E-state index contributed by atoms with van der Waals surface area (Å²) in [6, 6.07) is 15.7. The molecular formula is C20H24N2O4S. The Bertz CT molecular complexity index is 889. The highest BCUT2D eigenvalue weighted by Gasteiger charge is 2.32. The highest BCUT2D eigenvalue weighted by atomic mass is 32.2. The van der Waals surface area contributed by atoms with Gasteiger partial charge in [0.05, 0.1) is 17.1 Å². The van der Waals surface area contributed by atoms with Crippen LogP contribution in [0.2, 0.25) is 0 Å². The minimum absolute atomic E-state index is 0.121. The number of carbonyl (C=O) groups is 1. The molecule has 0 spiro atoms. The fraction of sp³-hybridized carbons (Fsp3) is 0.350. The van der Waals surface area contributed by atoms with Gasteiger partial charge in [-0.2, -0.15) is 4.31 Å². The summed E-state index contributed by atoms with van der Waals surface area (Å²) in [5, 5.41) is 2.82. The summed E-state index contributed by atoms with van der Waals surface area (Å²) >= 11 is 0. The summed E-state index contributed by atoms with van der Waals surface area (Å²) in [6.07, 6.45) is -0.332. The van der Waals surface area contributed by atoms with Crippen molar-refractivity contribution in [2.45, 2.75) is 37.5 Å². The summed E-state index contributed by atoms with van der Waals surface area (Å²) in [5.74, 6) is -0.306. The zero-order chi connectivity index (χ0) is 19.4. The smallest absolute Gasteiger partial charge is 0.251 e. The second kappa shape index (κ2) is 8.21. The third kappa shape index (κ3) is 4.74. The maximum atomic E-state index is 13.0. The zero-order valence-corrected chi connectivity index (χ0v) is 16.3. The van der Waals surface area contributed by atoms with Gasteiger partial charge >= 0.3 is 0 Å². The van der Waals surface area contributed by atoms with Crippen LogP contribution in [0.5, 0.6) is 0 Å². The normalized spacial score (nSPS) is 21.0. The predicted octanol–water partition coefficient (Wildman–Crippen LogP) is 2.41. The number of amides is 1. The van der Waals surface area contributed by atoms with Crippen LogP contribution < -0.4 is 5.32 Å². The van der Waals surface area contributed by atoms with Crippen LogP contribution in [0.15, 0.2) is 59.5 Å². The summed E-state index contributed by atoms with van der Waals surface area (Å²) in [7, 11) is -3.68. The molecule has 1 heterocycles. The molecule has 0 aliphatic carbocycles. The Kier molecular flexibility index (Phi) is 5.94. The molecule has 3 rings (SSSR count). The van der Waals surface area contributed by atoms with Crippen molar-refractivity contribution in [1.29, 1.82) is 0 Å². The van der Waals surface area contributed by atoms with Crippen molar-refractivity contribution >= 4 is 15.9 Å². The van der Waals surface area contributed by atoms with Crippen molar-refractivity contribution in [3.05, 3.63) is 65.7 Å². The lowest BCUT2D eigenvalue weighted by Gasteiger charge is -2.34. The summed E-state index contributed by atoms with van der Waals surface area (Å²) in [5.41, 5.74) is 1.30. The third-order valence-corrected chi connectivity index (χ3v) is 6.24. The Morgan fingerprint density at radius 2 is 1.74 bits per heavy atom. The van der Waals surface area contributed by atoms with E-state index in [1.165, 1.54) is 16.4 Å². The fourth-order valence-corrected chi connectivity index (χ4v) is 4.79. The number of ether oxygens (including phenoxy) is 1. The number of morpholine rings is 1. The first-order valence-corrected chi connectivity index (χ1v) is 10.4. The van der Waals surface area contributed by atoms with E-state index in [-0.39, 0.29) is 23.0 Å². The maximum Gasteiger partial charge on any atom is 0.251 e. The maximum absolute atomic E-state index is 13.0. The molecule has 0 aromatic heterocycles. The molecule has 0 unspecified atom stereocenters. The first-order chi connectivity index (χ1) is 12.9. The van der Waals surface area contributed by atoms with Crippen molar-refractivity contribution in [1.82, 2.24) is 9.62 Å². The topological polar surface area (TPSA) is 75.7 Å². The average Bonchev–Trinajstić information content (AvgIpc) is 2.66. The standard InChI is InChI=1S/C20H24N2O4S/c1-15-13-22(14-16(2)26-15)27(24,25)19-10-6-9-18(11-19)20(23)21-12-17-7-4-3-5-8-17/h3-11,15-16H,12-14H2,1-2H3,(H,21,23)/t15-,16-/m1/s1. The van der Waals surface area contributed by atoms with Crippen molar-refractivity contribution in [2.75, 3.05) is 13.1 Å². The lowest BCUT2D eigenvalue weighted by molar-refractivity contribution is -0.0440. The van der Waals surface area contributed by atoms with E-state index in [1.807, 2.05) is 44.2 Å². The van der Waals surface area contributed by atoms with Crippen LogP contribution >= 0.6 is 0 Å². The Balaban J connectivity index is 1.75. The van der Waals surface area contributed by atoms with Gasteiger partial charge in [0, 0.05) is 25.2 Å². The number of hydrogen-bond donors (Lipinski definition) is 1. The van der Waals surface area contributed by atoms with E-state index < -0.39 is 10.0 Å². The molecule has 2 aromatic carbocycles. The molecule has 1 fully saturated rings. The van der Waals surface area contributed by atoms with Crippen LogP contribution in [0.25, 0.3) is 0 Å². The van der Waals surface area contributed by atoms with Gasteiger partial charge in [0.25, 0.3) is 5.91 Å². The van der Waals surface area contributed by atoms with Crippen LogP contribution in [0.4, 0.5) is 0 Å². The summed E-state index contributed by atoms with van der Waals surface area (Å²) in [6.45, 7) is 4.70. The van der Waals surface area contributed by atoms with Crippen molar-refractivity contribution in [3.8, 4) is 0 Å². The Labute approximate surface area is 160 Å². The van der Waals surface area contributed by atoms with E-state index in [1.54, 1.807) is 12.1 Å². The molecule has 1 N–H and O–H groups in total. The van der Waals surface area contributed by atoms with Gasteiger partial charge in [-0.25, -0.2) is 8.42 Å². The number of carbonyl (C=O) groups excluding carboxylic acids is 1. The molecule has 7 heteroatoms. The van der Waals surface area contributed by atoms with E-state index in [0.717, 1.165) is 5.56 Å². The van der Waals surface area contributed by atoms with E-state index in [2.05, 4.69) is 5.32 Å². The number of sulfonamides is 1. The lowest BCUT2D eigenvalue weighted by Crippen LogP contribution is -2.48. The highest BCUT2D eigenvalue weighted by Crippen LogP contribution is 2.22. The molecule has 0 saturated carbocycles. The fourth-order valence-electron chi connectivity index (χ4n) is 3.15. The molecule has 144 valence electrons. The SMILES string of the molecule is C[C@@H]1CN(S(=O)(=O)c2cccc(C(=O)NCc3ccccc3)c2)C[C@@H](C)O1. The molecule has 0 radical (unpaired) electrons. The lowest BCUT2D eigenvalue weighted by atomic mass is 10.2. The number of nitrogens with zero attached hydrogens (tertiary/aromatic N) is 1. The number of nitrogens with one attached hydrogen (secondary N) is 1. The third-order valence-electron chi connectivity index (χ3n) is 4.42. The van der Waals surface area contributed by atoms with Crippen molar-refractivity contribution in [3.63, 3.8) is 0 Å². The monoisotopic (exact) mass is 388 g/mol. The largest absolute Gasteiger partial charge is 0.373 e. The Morgan fingerprint density at radius 3 is 2.41 bits per heavy atom. The van der Waals surface area contributed by atoms with E-state index in [9.17, 15) is 13.2 Å². The summed E-state index contributed by atoms with van der Waals surface area (Å²) in [4.78, 5) is 12.6. The Hall–Kier alpha value is -2.22. The van der Waals surface area contributed by atoms with Gasteiger partial charge in [0.15, 0.2) is 0 Å². The van der Waals surface area contributed by atoms with Gasteiger partial charge in [-0.1, -0.05) is 36.4 Å². The molecule has 2 aromatic rings. The Morgan fingerprint density at radius 1 is 1.07 bits per heavy atom. The van der Waals surface area contributed by atoms with Crippen LogP contribution in [-0.2, 0) is 21.3 Å². The second-order valence-electron chi connectivity index (χ2n) is 6.78. The molecular weight excluding hydrogens is 364 g/mol. The molecule has 1 amide bonds. The first-order valence-electron chi connectivity index (χ1n) is 8.94. The van der Waals surface area contributed by atoms with Crippen molar-refractivity contribution < 1.29 is 17.9 Å². The minimum Gasteiger partial charge on any atom is -0.373 e. The van der Waals surface area contributed by atoms with Gasteiger partial charge in [0.2, 0.25) is 10.0 Å².